The summed E-state index contributed by atoms with van der Waals surface area (Å²) in [4.78, 5) is 11.9. The average molecular weight is 270 g/mol. The van der Waals surface area contributed by atoms with E-state index >= 15 is 0 Å². The van der Waals surface area contributed by atoms with Gasteiger partial charge in [-0.15, -0.1) is 0 Å². The van der Waals surface area contributed by atoms with Crippen LogP contribution in [0.4, 0.5) is 0 Å². The molecular weight excluding hydrogens is 252 g/mol. The lowest BCUT2D eigenvalue weighted by Crippen LogP contribution is -2.08. The summed E-state index contributed by atoms with van der Waals surface area (Å²) < 4.78 is 10.8. The number of benzene rings is 2. The Morgan fingerprint density at radius 2 is 1.65 bits per heavy atom. The van der Waals surface area contributed by atoms with Crippen molar-refractivity contribution in [1.82, 2.24) is 0 Å². The molecule has 2 aromatic carbocycles. The Bertz CT molecular complexity index is 532. The maximum absolute atomic E-state index is 11.9. The first-order valence-corrected chi connectivity index (χ1v) is 6.79. The van der Waals surface area contributed by atoms with Crippen LogP contribution in [0.25, 0.3) is 0 Å². The van der Waals surface area contributed by atoms with E-state index in [0.29, 0.717) is 17.9 Å². The average Bonchev–Trinajstić information content (AvgIpc) is 2.49. The van der Waals surface area contributed by atoms with Crippen LogP contribution in [0.2, 0.25) is 0 Å². The van der Waals surface area contributed by atoms with Crippen LogP contribution < -0.4 is 9.47 Å². The van der Waals surface area contributed by atoms with Gasteiger partial charge < -0.3 is 9.47 Å². The van der Waals surface area contributed by atoms with Crippen molar-refractivity contribution in [3.8, 4) is 11.5 Å². The van der Waals surface area contributed by atoms with Crippen LogP contribution in [-0.4, -0.2) is 12.6 Å². The molecule has 0 saturated carbocycles. The topological polar surface area (TPSA) is 35.5 Å². The van der Waals surface area contributed by atoms with E-state index < -0.39 is 0 Å². The number of para-hydroxylation sites is 1. The number of rotatable bonds is 6. The van der Waals surface area contributed by atoms with E-state index in [4.69, 9.17) is 9.47 Å². The molecule has 0 heterocycles. The third-order valence-corrected chi connectivity index (χ3v) is 2.81. The van der Waals surface area contributed by atoms with Crippen LogP contribution in [-0.2, 0) is 0 Å². The first-order chi connectivity index (χ1) is 9.79. The highest BCUT2D eigenvalue weighted by Gasteiger charge is 2.08. The van der Waals surface area contributed by atoms with Gasteiger partial charge in [0, 0.05) is 0 Å². The molecule has 0 fully saturated rings. The molecule has 0 saturated heterocycles. The van der Waals surface area contributed by atoms with Gasteiger partial charge in [-0.05, 0) is 42.8 Å². The van der Waals surface area contributed by atoms with Crippen molar-refractivity contribution in [1.29, 1.82) is 0 Å². The predicted octanol–water partition coefficient (Wildman–Crippen LogP) is 4.08. The quantitative estimate of drug-likeness (QED) is 0.450. The third kappa shape index (κ3) is 4.12. The van der Waals surface area contributed by atoms with Crippen molar-refractivity contribution >= 4 is 5.97 Å². The molecule has 0 N–H and O–H groups in total. The standard InChI is InChI=1S/C17H18O3/c1-2-3-13-19-15-11-9-14(10-12-15)17(18)20-16-7-5-4-6-8-16/h4-12H,2-3,13H2,1H3. The van der Waals surface area contributed by atoms with E-state index in [9.17, 15) is 4.79 Å². The summed E-state index contributed by atoms with van der Waals surface area (Å²) in [6, 6.07) is 16.0. The van der Waals surface area contributed by atoms with E-state index in [-0.39, 0.29) is 5.97 Å². The van der Waals surface area contributed by atoms with Crippen molar-refractivity contribution < 1.29 is 14.3 Å². The van der Waals surface area contributed by atoms with Gasteiger partial charge in [-0.25, -0.2) is 4.79 Å². The monoisotopic (exact) mass is 270 g/mol. The largest absolute Gasteiger partial charge is 0.494 e. The fraction of sp³-hybridized carbons (Fsp3) is 0.235. The number of carbonyl (C=O) groups excluding carboxylic acids is 1. The summed E-state index contributed by atoms with van der Waals surface area (Å²) in [5, 5.41) is 0. The summed E-state index contributed by atoms with van der Waals surface area (Å²) in [5.74, 6) is 0.951. The molecule has 20 heavy (non-hydrogen) atoms. The van der Waals surface area contributed by atoms with Crippen molar-refractivity contribution in [2.75, 3.05) is 6.61 Å². The molecule has 0 unspecified atom stereocenters. The molecule has 0 atom stereocenters. The van der Waals surface area contributed by atoms with E-state index in [1.807, 2.05) is 18.2 Å². The zero-order valence-corrected chi connectivity index (χ0v) is 11.5. The third-order valence-electron chi connectivity index (χ3n) is 2.81. The van der Waals surface area contributed by atoms with Crippen LogP contribution in [0, 0.1) is 0 Å². The zero-order chi connectivity index (χ0) is 14.2. The number of ether oxygens (including phenoxy) is 2. The summed E-state index contributed by atoms with van der Waals surface area (Å²) in [5.41, 5.74) is 0.511. The van der Waals surface area contributed by atoms with Gasteiger partial charge in [0.1, 0.15) is 11.5 Å². The van der Waals surface area contributed by atoms with Crippen LogP contribution in [0.5, 0.6) is 11.5 Å². The smallest absolute Gasteiger partial charge is 0.343 e. The molecule has 0 aliphatic carbocycles. The van der Waals surface area contributed by atoms with Crippen molar-refractivity contribution in [3.05, 3.63) is 60.2 Å². The van der Waals surface area contributed by atoms with Crippen LogP contribution in [0.15, 0.2) is 54.6 Å². The first kappa shape index (κ1) is 14.1. The SMILES string of the molecule is CCCCOc1ccc(C(=O)Oc2ccccc2)cc1. The lowest BCUT2D eigenvalue weighted by molar-refractivity contribution is 0.0735. The normalized spacial score (nSPS) is 10.1. The number of carbonyl (C=O) groups is 1. The maximum Gasteiger partial charge on any atom is 0.343 e. The number of esters is 1. The number of hydrogen-bond acceptors (Lipinski definition) is 3. The summed E-state index contributed by atoms with van der Waals surface area (Å²) in [6.07, 6.45) is 2.12. The second-order valence-corrected chi connectivity index (χ2v) is 4.43. The van der Waals surface area contributed by atoms with E-state index in [1.165, 1.54) is 0 Å². The van der Waals surface area contributed by atoms with Gasteiger partial charge in [0.15, 0.2) is 0 Å². The highest BCUT2D eigenvalue weighted by molar-refractivity contribution is 5.91. The van der Waals surface area contributed by atoms with Crippen molar-refractivity contribution in [3.63, 3.8) is 0 Å². The second-order valence-electron chi connectivity index (χ2n) is 4.43. The maximum atomic E-state index is 11.9. The van der Waals surface area contributed by atoms with Gasteiger partial charge in [-0.1, -0.05) is 31.5 Å². The fourth-order valence-corrected chi connectivity index (χ4v) is 1.68. The minimum atomic E-state index is -0.365. The molecule has 0 aliphatic heterocycles. The first-order valence-electron chi connectivity index (χ1n) is 6.79. The molecule has 3 nitrogen and oxygen atoms in total. The number of unbranched alkanes of at least 4 members (excludes halogenated alkanes) is 1. The van der Waals surface area contributed by atoms with Gasteiger partial charge in [0.25, 0.3) is 0 Å². The molecule has 104 valence electrons. The summed E-state index contributed by atoms with van der Waals surface area (Å²) in [7, 11) is 0. The van der Waals surface area contributed by atoms with Crippen LogP contribution in [0.1, 0.15) is 30.1 Å². The van der Waals surface area contributed by atoms with Crippen molar-refractivity contribution in [2.45, 2.75) is 19.8 Å². The van der Waals surface area contributed by atoms with Gasteiger partial charge in [0.2, 0.25) is 0 Å². The molecule has 0 spiro atoms. The Hall–Kier alpha value is -2.29. The molecule has 2 aromatic rings. The lowest BCUT2D eigenvalue weighted by atomic mass is 10.2. The molecule has 0 aliphatic rings. The molecule has 3 heteroatoms. The van der Waals surface area contributed by atoms with Crippen LogP contribution in [0.3, 0.4) is 0 Å². The molecule has 0 amide bonds. The van der Waals surface area contributed by atoms with Crippen molar-refractivity contribution in [2.24, 2.45) is 0 Å². The Morgan fingerprint density at radius 3 is 2.30 bits per heavy atom. The molecular formula is C17H18O3. The Morgan fingerprint density at radius 1 is 0.950 bits per heavy atom. The Labute approximate surface area is 119 Å². The molecule has 0 bridgehead atoms. The Kier molecular flexibility index (Phi) is 5.18. The van der Waals surface area contributed by atoms with Gasteiger partial charge >= 0.3 is 5.97 Å². The van der Waals surface area contributed by atoms with Gasteiger partial charge in [-0.3, -0.25) is 0 Å². The minimum absolute atomic E-state index is 0.365. The van der Waals surface area contributed by atoms with Crippen LogP contribution >= 0.6 is 0 Å². The summed E-state index contributed by atoms with van der Waals surface area (Å²) >= 11 is 0. The van der Waals surface area contributed by atoms with E-state index in [2.05, 4.69) is 6.92 Å². The molecule has 0 radical (unpaired) electrons. The highest BCUT2D eigenvalue weighted by atomic mass is 16.5. The number of hydrogen-bond donors (Lipinski definition) is 0. The summed E-state index contributed by atoms with van der Waals surface area (Å²) in [6.45, 7) is 2.82. The minimum Gasteiger partial charge on any atom is -0.494 e. The predicted molar refractivity (Wildman–Crippen MR) is 78.2 cm³/mol. The highest BCUT2D eigenvalue weighted by Crippen LogP contribution is 2.15. The lowest BCUT2D eigenvalue weighted by Gasteiger charge is -2.07. The zero-order valence-electron chi connectivity index (χ0n) is 11.5. The van der Waals surface area contributed by atoms with Gasteiger partial charge in [-0.2, -0.15) is 0 Å². The Balaban J connectivity index is 1.94. The fourth-order valence-electron chi connectivity index (χ4n) is 1.68. The second kappa shape index (κ2) is 7.34. The van der Waals surface area contributed by atoms with Gasteiger partial charge in [0.05, 0.1) is 12.2 Å². The molecule has 2 rings (SSSR count). The van der Waals surface area contributed by atoms with E-state index in [1.54, 1.807) is 36.4 Å². The van der Waals surface area contributed by atoms with E-state index in [0.717, 1.165) is 18.6 Å². The molecule has 0 aromatic heterocycles.